The molecule has 0 aliphatic rings. The van der Waals surface area contributed by atoms with E-state index < -0.39 is 6.04 Å². The average Bonchev–Trinajstić information content (AvgIpc) is 2.67. The number of benzene rings is 2. The molecular formula is C23H30N2O2S. The van der Waals surface area contributed by atoms with Crippen molar-refractivity contribution in [2.24, 2.45) is 0 Å². The van der Waals surface area contributed by atoms with Crippen LogP contribution >= 0.6 is 11.8 Å². The van der Waals surface area contributed by atoms with Crippen LogP contribution in [0.25, 0.3) is 0 Å². The first-order valence-electron chi connectivity index (χ1n) is 9.64. The number of thioether (sulfide) groups is 1. The van der Waals surface area contributed by atoms with Crippen LogP contribution in [0.3, 0.4) is 0 Å². The fraction of sp³-hybridized carbons (Fsp3) is 0.391. The molecule has 2 aromatic rings. The molecule has 2 aromatic carbocycles. The van der Waals surface area contributed by atoms with Gasteiger partial charge in [-0.25, -0.2) is 0 Å². The molecule has 0 spiro atoms. The molecule has 0 saturated heterocycles. The second kappa shape index (κ2) is 10.9. The van der Waals surface area contributed by atoms with E-state index in [-0.39, 0.29) is 17.9 Å². The maximum Gasteiger partial charge on any atom is 0.242 e. The third-order valence-electron chi connectivity index (χ3n) is 4.54. The molecule has 0 aliphatic heterocycles. The van der Waals surface area contributed by atoms with Crippen LogP contribution in [0.5, 0.6) is 0 Å². The Hall–Kier alpha value is -2.27. The minimum atomic E-state index is -0.519. The van der Waals surface area contributed by atoms with E-state index >= 15 is 0 Å². The Labute approximate surface area is 172 Å². The summed E-state index contributed by atoms with van der Waals surface area (Å²) in [5.74, 6) is 0.988. The maximum atomic E-state index is 13.0. The van der Waals surface area contributed by atoms with Crippen molar-refractivity contribution < 1.29 is 9.59 Å². The number of carbonyl (C=O) groups is 2. The molecule has 150 valence electrons. The van der Waals surface area contributed by atoms with Crippen molar-refractivity contribution in [1.82, 2.24) is 10.2 Å². The standard InChI is InChI=1S/C23H30N2O2S/c1-17(2)24-23(27)19(4)25(14-20-11-6-5-7-12-20)22(26)16-28-15-21-13-9-8-10-18(21)3/h5-13,17,19H,14-16H2,1-4H3,(H,24,27). The first-order chi connectivity index (χ1) is 13.4. The van der Waals surface area contributed by atoms with Crippen molar-refractivity contribution in [2.75, 3.05) is 5.75 Å². The molecule has 2 amide bonds. The van der Waals surface area contributed by atoms with Crippen LogP contribution in [0.15, 0.2) is 54.6 Å². The molecular weight excluding hydrogens is 368 g/mol. The highest BCUT2D eigenvalue weighted by Crippen LogP contribution is 2.18. The average molecular weight is 399 g/mol. The lowest BCUT2D eigenvalue weighted by molar-refractivity contribution is -0.138. The molecule has 0 aromatic heterocycles. The quantitative estimate of drug-likeness (QED) is 0.690. The van der Waals surface area contributed by atoms with Crippen molar-refractivity contribution in [3.8, 4) is 0 Å². The molecule has 0 radical (unpaired) electrons. The minimum absolute atomic E-state index is 0.0196. The Kier molecular flexibility index (Phi) is 8.58. The van der Waals surface area contributed by atoms with Gasteiger partial charge in [-0.15, -0.1) is 11.8 Å². The third-order valence-corrected chi connectivity index (χ3v) is 5.50. The van der Waals surface area contributed by atoms with Crippen LogP contribution in [0, 0.1) is 6.92 Å². The van der Waals surface area contributed by atoms with E-state index in [9.17, 15) is 9.59 Å². The van der Waals surface area contributed by atoms with Gasteiger partial charge in [-0.2, -0.15) is 0 Å². The summed E-state index contributed by atoms with van der Waals surface area (Å²) in [6, 6.07) is 17.5. The Bertz CT molecular complexity index is 777. The molecule has 2 rings (SSSR count). The number of amides is 2. The zero-order valence-electron chi connectivity index (χ0n) is 17.1. The first kappa shape index (κ1) is 22.0. The van der Waals surface area contributed by atoms with Crippen molar-refractivity contribution >= 4 is 23.6 Å². The van der Waals surface area contributed by atoms with E-state index in [0.717, 1.165) is 11.3 Å². The lowest BCUT2D eigenvalue weighted by Crippen LogP contribution is -2.49. The van der Waals surface area contributed by atoms with E-state index in [1.165, 1.54) is 11.1 Å². The summed E-state index contributed by atoms with van der Waals surface area (Å²) in [4.78, 5) is 27.2. The molecule has 5 heteroatoms. The summed E-state index contributed by atoms with van der Waals surface area (Å²) in [5, 5.41) is 2.91. The zero-order chi connectivity index (χ0) is 20.5. The Morgan fingerprint density at radius 2 is 1.64 bits per heavy atom. The number of aryl methyl sites for hydroxylation is 1. The van der Waals surface area contributed by atoms with Gasteiger partial charge in [0.05, 0.1) is 5.75 Å². The number of carbonyl (C=O) groups excluding carboxylic acids is 2. The molecule has 1 unspecified atom stereocenters. The normalized spacial score (nSPS) is 11.9. The Morgan fingerprint density at radius 3 is 2.29 bits per heavy atom. The van der Waals surface area contributed by atoms with Crippen LogP contribution in [-0.2, 0) is 21.9 Å². The van der Waals surface area contributed by atoms with Gasteiger partial charge in [-0.3, -0.25) is 9.59 Å². The molecule has 1 N–H and O–H groups in total. The molecule has 1 atom stereocenters. The SMILES string of the molecule is Cc1ccccc1CSCC(=O)N(Cc1ccccc1)C(C)C(=O)NC(C)C. The van der Waals surface area contributed by atoms with E-state index in [4.69, 9.17) is 0 Å². The van der Waals surface area contributed by atoms with Gasteiger partial charge < -0.3 is 10.2 Å². The van der Waals surface area contributed by atoms with Crippen LogP contribution < -0.4 is 5.32 Å². The van der Waals surface area contributed by atoms with Gasteiger partial charge in [0.2, 0.25) is 11.8 Å². The summed E-state index contributed by atoms with van der Waals surface area (Å²) >= 11 is 1.59. The lowest BCUT2D eigenvalue weighted by Gasteiger charge is -2.29. The van der Waals surface area contributed by atoms with Gasteiger partial charge in [0, 0.05) is 18.3 Å². The summed E-state index contributed by atoms with van der Waals surface area (Å²) in [5.41, 5.74) is 3.48. The third kappa shape index (κ3) is 6.71. The molecule has 28 heavy (non-hydrogen) atoms. The van der Waals surface area contributed by atoms with Crippen LogP contribution in [0.2, 0.25) is 0 Å². The number of nitrogens with one attached hydrogen (secondary N) is 1. The first-order valence-corrected chi connectivity index (χ1v) is 10.8. The number of nitrogens with zero attached hydrogens (tertiary/aromatic N) is 1. The van der Waals surface area contributed by atoms with Crippen molar-refractivity contribution in [2.45, 2.75) is 52.1 Å². The summed E-state index contributed by atoms with van der Waals surface area (Å²) in [7, 11) is 0. The predicted molar refractivity (Wildman–Crippen MR) is 117 cm³/mol. The van der Waals surface area contributed by atoms with Crippen LogP contribution in [0.4, 0.5) is 0 Å². The minimum Gasteiger partial charge on any atom is -0.352 e. The second-order valence-corrected chi connectivity index (χ2v) is 8.25. The Balaban J connectivity index is 2.05. The Morgan fingerprint density at radius 1 is 1.00 bits per heavy atom. The number of hydrogen-bond donors (Lipinski definition) is 1. The highest BCUT2D eigenvalue weighted by Gasteiger charge is 2.26. The number of rotatable bonds is 9. The fourth-order valence-corrected chi connectivity index (χ4v) is 3.86. The van der Waals surface area contributed by atoms with Crippen molar-refractivity contribution in [3.63, 3.8) is 0 Å². The van der Waals surface area contributed by atoms with Gasteiger partial charge >= 0.3 is 0 Å². The van der Waals surface area contributed by atoms with Gasteiger partial charge in [-0.1, -0.05) is 54.6 Å². The summed E-state index contributed by atoms with van der Waals surface area (Å²) in [6.07, 6.45) is 0. The molecule has 0 fully saturated rings. The van der Waals surface area contributed by atoms with Gasteiger partial charge in [-0.05, 0) is 44.4 Å². The highest BCUT2D eigenvalue weighted by molar-refractivity contribution is 7.99. The molecule has 0 heterocycles. The maximum absolute atomic E-state index is 13.0. The lowest BCUT2D eigenvalue weighted by atomic mass is 10.1. The van der Waals surface area contributed by atoms with Crippen LogP contribution in [-0.4, -0.2) is 34.6 Å². The smallest absolute Gasteiger partial charge is 0.242 e. The van der Waals surface area contributed by atoms with E-state index in [1.54, 1.807) is 23.6 Å². The van der Waals surface area contributed by atoms with E-state index in [0.29, 0.717) is 12.3 Å². The van der Waals surface area contributed by atoms with E-state index in [2.05, 4.69) is 24.4 Å². The molecule has 0 saturated carbocycles. The molecule has 0 bridgehead atoms. The van der Waals surface area contributed by atoms with Crippen molar-refractivity contribution in [3.05, 3.63) is 71.3 Å². The largest absolute Gasteiger partial charge is 0.352 e. The molecule has 4 nitrogen and oxygen atoms in total. The van der Waals surface area contributed by atoms with Gasteiger partial charge in [0.15, 0.2) is 0 Å². The highest BCUT2D eigenvalue weighted by atomic mass is 32.2. The van der Waals surface area contributed by atoms with E-state index in [1.807, 2.05) is 56.3 Å². The fourth-order valence-electron chi connectivity index (χ4n) is 2.87. The zero-order valence-corrected chi connectivity index (χ0v) is 18.0. The van der Waals surface area contributed by atoms with Gasteiger partial charge in [0.25, 0.3) is 0 Å². The second-order valence-electron chi connectivity index (χ2n) is 7.27. The van der Waals surface area contributed by atoms with Crippen molar-refractivity contribution in [1.29, 1.82) is 0 Å². The summed E-state index contributed by atoms with van der Waals surface area (Å²) in [6.45, 7) is 8.15. The number of hydrogen-bond acceptors (Lipinski definition) is 3. The molecule has 0 aliphatic carbocycles. The van der Waals surface area contributed by atoms with Gasteiger partial charge in [0.1, 0.15) is 6.04 Å². The monoisotopic (exact) mass is 398 g/mol. The predicted octanol–water partition coefficient (Wildman–Crippen LogP) is 4.17. The topological polar surface area (TPSA) is 49.4 Å². The van der Waals surface area contributed by atoms with Crippen LogP contribution in [0.1, 0.15) is 37.5 Å². The summed E-state index contributed by atoms with van der Waals surface area (Å²) < 4.78 is 0.